The molecule has 10 atom stereocenters. The fourth-order valence-corrected chi connectivity index (χ4v) is 10.7. The van der Waals surface area contributed by atoms with E-state index in [1.165, 1.54) is 38.5 Å². The topological polar surface area (TPSA) is 40.5 Å². The molecular formula is C31H49F3O2. The van der Waals surface area contributed by atoms with Crippen LogP contribution in [0, 0.1) is 52.3 Å². The lowest BCUT2D eigenvalue weighted by Crippen LogP contribution is -2.60. The molecule has 0 aliphatic heterocycles. The molecule has 2 nitrogen and oxygen atoms in total. The van der Waals surface area contributed by atoms with Crippen molar-refractivity contribution in [2.45, 2.75) is 130 Å². The van der Waals surface area contributed by atoms with Crippen LogP contribution in [0.2, 0.25) is 0 Å². The zero-order valence-electron chi connectivity index (χ0n) is 23.1. The van der Waals surface area contributed by atoms with Crippen molar-refractivity contribution >= 4 is 0 Å². The molecule has 5 aliphatic rings. The van der Waals surface area contributed by atoms with Gasteiger partial charge in [0.15, 0.2) is 5.60 Å². The van der Waals surface area contributed by atoms with Crippen LogP contribution in [0.5, 0.6) is 0 Å². The number of fused-ring (bicyclic) bond motifs is 5. The van der Waals surface area contributed by atoms with Gasteiger partial charge in [0, 0.05) is 5.92 Å². The minimum atomic E-state index is -4.59. The van der Waals surface area contributed by atoms with Gasteiger partial charge in [-0.15, -0.1) is 0 Å². The SMILES string of the molecule is CC1=C2[C@H](C)[C@](O)(C(F)(F)F)CC[C@]2(C)[C@H]2CC[C@@]3(C)[C@@H](CC[C@H]3[C@@H](C)CC[C@H](O)C3CCC3)[C@@H]2C1. The Balaban J connectivity index is 1.35. The van der Waals surface area contributed by atoms with E-state index in [0.717, 1.165) is 36.8 Å². The molecule has 0 bridgehead atoms. The van der Waals surface area contributed by atoms with E-state index in [-0.39, 0.29) is 17.9 Å². The highest BCUT2D eigenvalue weighted by atomic mass is 19.4. The first-order valence-electron chi connectivity index (χ1n) is 14.9. The Kier molecular flexibility index (Phi) is 6.76. The Morgan fingerprint density at radius 2 is 1.67 bits per heavy atom. The van der Waals surface area contributed by atoms with Crippen LogP contribution in [0.4, 0.5) is 13.2 Å². The van der Waals surface area contributed by atoms with Crippen molar-refractivity contribution in [3.05, 3.63) is 11.1 Å². The summed E-state index contributed by atoms with van der Waals surface area (Å²) in [6, 6.07) is 0. The first-order valence-corrected chi connectivity index (χ1v) is 14.9. The van der Waals surface area contributed by atoms with Crippen LogP contribution >= 0.6 is 0 Å². The van der Waals surface area contributed by atoms with Gasteiger partial charge in [0.25, 0.3) is 0 Å². The lowest BCUT2D eigenvalue weighted by atomic mass is 9.44. The molecule has 206 valence electrons. The van der Waals surface area contributed by atoms with Crippen LogP contribution in [-0.2, 0) is 0 Å². The normalized spacial score (nSPS) is 47.0. The summed E-state index contributed by atoms with van der Waals surface area (Å²) >= 11 is 0. The maximum absolute atomic E-state index is 14.0. The molecule has 36 heavy (non-hydrogen) atoms. The van der Waals surface area contributed by atoms with Gasteiger partial charge >= 0.3 is 6.18 Å². The maximum Gasteiger partial charge on any atom is 0.417 e. The summed E-state index contributed by atoms with van der Waals surface area (Å²) < 4.78 is 41.9. The second-order valence-corrected chi connectivity index (χ2v) is 14.4. The van der Waals surface area contributed by atoms with Crippen LogP contribution in [-0.4, -0.2) is 28.1 Å². The van der Waals surface area contributed by atoms with Gasteiger partial charge < -0.3 is 10.2 Å². The number of rotatable bonds is 5. The van der Waals surface area contributed by atoms with Crippen molar-refractivity contribution < 1.29 is 23.4 Å². The fraction of sp³-hybridized carbons (Fsp3) is 0.935. The molecule has 0 unspecified atom stereocenters. The van der Waals surface area contributed by atoms with E-state index in [0.29, 0.717) is 47.3 Å². The zero-order valence-corrected chi connectivity index (χ0v) is 23.1. The van der Waals surface area contributed by atoms with E-state index in [2.05, 4.69) is 27.7 Å². The lowest BCUT2D eigenvalue weighted by molar-refractivity contribution is -0.287. The van der Waals surface area contributed by atoms with Gasteiger partial charge in [-0.05, 0) is 124 Å². The van der Waals surface area contributed by atoms with Gasteiger partial charge in [-0.3, -0.25) is 0 Å². The molecule has 4 saturated carbocycles. The monoisotopic (exact) mass is 510 g/mol. The first kappa shape index (κ1) is 27.0. The fourth-order valence-electron chi connectivity index (χ4n) is 10.7. The molecule has 0 radical (unpaired) electrons. The summed E-state index contributed by atoms with van der Waals surface area (Å²) in [6.07, 6.45) is 6.85. The molecular weight excluding hydrogens is 461 g/mol. The van der Waals surface area contributed by atoms with E-state index < -0.39 is 17.7 Å². The summed E-state index contributed by atoms with van der Waals surface area (Å²) in [5.41, 5.74) is -0.494. The summed E-state index contributed by atoms with van der Waals surface area (Å²) in [4.78, 5) is 0. The molecule has 5 rings (SSSR count). The number of aliphatic hydroxyl groups is 2. The molecule has 0 aromatic rings. The summed E-state index contributed by atoms with van der Waals surface area (Å²) in [5, 5.41) is 21.4. The molecule has 0 amide bonds. The standard InChI is InChI=1S/C31H49F3O2/c1-18(9-12-26(35)21-7-6-8-21)23-10-11-24-22-17-19(2)27-20(3)30(36,31(32,33)34)16-15-29(27,5)25(22)13-14-28(23,24)4/h18,20-26,35-36H,6-17H2,1-5H3/t18-,20-,22-,23-,24-,25-,26-,28+,29+,30-/m0/s1. The van der Waals surface area contributed by atoms with Gasteiger partial charge in [0.1, 0.15) is 0 Å². The molecule has 5 aliphatic carbocycles. The van der Waals surface area contributed by atoms with E-state index in [4.69, 9.17) is 0 Å². The second-order valence-electron chi connectivity index (χ2n) is 14.4. The average molecular weight is 511 g/mol. The molecule has 0 saturated heterocycles. The maximum atomic E-state index is 14.0. The number of aliphatic hydroxyl groups excluding tert-OH is 1. The number of hydrogen-bond donors (Lipinski definition) is 2. The van der Waals surface area contributed by atoms with Crippen LogP contribution in [0.15, 0.2) is 11.1 Å². The quantitative estimate of drug-likeness (QED) is 0.367. The summed E-state index contributed by atoms with van der Waals surface area (Å²) in [6.45, 7) is 10.8. The van der Waals surface area contributed by atoms with Gasteiger partial charge in [0.05, 0.1) is 6.10 Å². The smallest absolute Gasteiger partial charge is 0.393 e. The molecule has 2 N–H and O–H groups in total. The van der Waals surface area contributed by atoms with Crippen LogP contribution in [0.1, 0.15) is 112 Å². The van der Waals surface area contributed by atoms with Crippen LogP contribution in [0.3, 0.4) is 0 Å². The van der Waals surface area contributed by atoms with E-state index in [1.54, 1.807) is 6.92 Å². The third-order valence-corrected chi connectivity index (χ3v) is 12.9. The average Bonchev–Trinajstić information content (AvgIpc) is 3.10. The zero-order chi connectivity index (χ0) is 26.3. The molecule has 4 fully saturated rings. The number of hydrogen-bond acceptors (Lipinski definition) is 2. The summed E-state index contributed by atoms with van der Waals surface area (Å²) in [7, 11) is 0. The van der Waals surface area contributed by atoms with Crippen molar-refractivity contribution in [3.8, 4) is 0 Å². The van der Waals surface area contributed by atoms with Gasteiger partial charge in [0.2, 0.25) is 0 Å². The Hall–Kier alpha value is -0.550. The van der Waals surface area contributed by atoms with Gasteiger partial charge in [-0.1, -0.05) is 45.3 Å². The van der Waals surface area contributed by atoms with Crippen molar-refractivity contribution in [3.63, 3.8) is 0 Å². The van der Waals surface area contributed by atoms with E-state index in [9.17, 15) is 23.4 Å². The highest BCUT2D eigenvalue weighted by Gasteiger charge is 2.66. The number of allylic oxidation sites excluding steroid dienone is 1. The first-order chi connectivity index (χ1) is 16.7. The number of halogens is 3. The van der Waals surface area contributed by atoms with Crippen LogP contribution in [0.25, 0.3) is 0 Å². The number of alkyl halides is 3. The van der Waals surface area contributed by atoms with Gasteiger partial charge in [-0.25, -0.2) is 0 Å². The Bertz CT molecular complexity index is 878. The van der Waals surface area contributed by atoms with Gasteiger partial charge in [-0.2, -0.15) is 13.2 Å². The molecule has 5 heteroatoms. The highest BCUT2D eigenvalue weighted by molar-refractivity contribution is 5.34. The predicted octanol–water partition coefficient (Wildman–Crippen LogP) is 8.07. The third-order valence-electron chi connectivity index (χ3n) is 12.9. The minimum Gasteiger partial charge on any atom is -0.393 e. The molecule has 0 spiro atoms. The van der Waals surface area contributed by atoms with Crippen LogP contribution < -0.4 is 0 Å². The molecule has 0 aromatic carbocycles. The van der Waals surface area contributed by atoms with E-state index >= 15 is 0 Å². The van der Waals surface area contributed by atoms with Crippen molar-refractivity contribution in [2.24, 2.45) is 52.3 Å². The van der Waals surface area contributed by atoms with E-state index in [1.807, 2.05) is 0 Å². The van der Waals surface area contributed by atoms with Crippen molar-refractivity contribution in [1.29, 1.82) is 0 Å². The molecule has 0 aromatic heterocycles. The predicted molar refractivity (Wildman–Crippen MR) is 137 cm³/mol. The van der Waals surface area contributed by atoms with Crippen molar-refractivity contribution in [2.75, 3.05) is 0 Å². The Labute approximate surface area is 216 Å². The Morgan fingerprint density at radius 1 is 0.972 bits per heavy atom. The Morgan fingerprint density at radius 3 is 2.28 bits per heavy atom. The lowest BCUT2D eigenvalue weighted by Gasteiger charge is -2.61. The molecule has 0 heterocycles. The third kappa shape index (κ3) is 3.87. The summed E-state index contributed by atoms with van der Waals surface area (Å²) in [5.74, 6) is 2.53. The van der Waals surface area contributed by atoms with Crippen molar-refractivity contribution in [1.82, 2.24) is 0 Å². The largest absolute Gasteiger partial charge is 0.417 e. The second kappa shape index (κ2) is 9.00. The minimum absolute atomic E-state index is 0.130. The highest BCUT2D eigenvalue weighted by Crippen LogP contribution is 2.70.